The second-order valence-corrected chi connectivity index (χ2v) is 6.13. The highest BCUT2D eigenvalue weighted by molar-refractivity contribution is 5.96. The third-order valence-corrected chi connectivity index (χ3v) is 3.69. The van der Waals surface area contributed by atoms with Gasteiger partial charge in [-0.2, -0.15) is 5.10 Å². The molecule has 21 heavy (non-hydrogen) atoms. The van der Waals surface area contributed by atoms with Crippen molar-refractivity contribution in [2.75, 3.05) is 0 Å². The molecule has 1 heterocycles. The lowest BCUT2D eigenvalue weighted by atomic mass is 9.94. The summed E-state index contributed by atoms with van der Waals surface area (Å²) in [5.74, 6) is -0.0585. The Bertz CT molecular complexity index is 595. The molecule has 0 saturated heterocycles. The molecule has 0 unspecified atom stereocenters. The third kappa shape index (κ3) is 3.94. The molecular formula is C17H23N3O. The van der Waals surface area contributed by atoms with Crippen LogP contribution < -0.4 is 5.32 Å². The molecule has 1 amide bonds. The average molecular weight is 285 g/mol. The van der Waals surface area contributed by atoms with Gasteiger partial charge in [-0.05, 0) is 46.1 Å². The Labute approximate surface area is 126 Å². The maximum atomic E-state index is 12.4. The molecule has 2 N–H and O–H groups in total. The lowest BCUT2D eigenvalue weighted by molar-refractivity contribution is 0.0908. The second kappa shape index (κ2) is 6.12. The molecule has 112 valence electrons. The number of hydrogen-bond acceptors (Lipinski definition) is 2. The van der Waals surface area contributed by atoms with Crippen molar-refractivity contribution >= 4 is 5.91 Å². The fraction of sp³-hybridized carbons (Fsp3) is 0.412. The molecule has 0 spiro atoms. The van der Waals surface area contributed by atoms with Gasteiger partial charge in [-0.25, -0.2) is 0 Å². The zero-order chi connectivity index (χ0) is 15.5. The molecule has 2 aromatic rings. The van der Waals surface area contributed by atoms with E-state index in [9.17, 15) is 4.79 Å². The Balaban J connectivity index is 1.99. The molecule has 1 aromatic carbocycles. The van der Waals surface area contributed by atoms with E-state index in [1.807, 2.05) is 32.0 Å². The molecule has 0 bridgehead atoms. The van der Waals surface area contributed by atoms with E-state index in [0.29, 0.717) is 5.56 Å². The largest absolute Gasteiger partial charge is 0.347 e. The van der Waals surface area contributed by atoms with Gasteiger partial charge >= 0.3 is 0 Å². The topological polar surface area (TPSA) is 57.8 Å². The predicted molar refractivity (Wildman–Crippen MR) is 84.4 cm³/mol. The minimum absolute atomic E-state index is 0.0585. The van der Waals surface area contributed by atoms with Crippen LogP contribution in [0.3, 0.4) is 0 Å². The van der Waals surface area contributed by atoms with E-state index >= 15 is 0 Å². The average Bonchev–Trinajstić information content (AvgIpc) is 2.77. The van der Waals surface area contributed by atoms with Crippen molar-refractivity contribution in [3.8, 4) is 0 Å². The van der Waals surface area contributed by atoms with Gasteiger partial charge in [-0.15, -0.1) is 0 Å². The monoisotopic (exact) mass is 285 g/mol. The minimum atomic E-state index is -0.261. The first-order chi connectivity index (χ1) is 9.89. The van der Waals surface area contributed by atoms with Crippen LogP contribution >= 0.6 is 0 Å². The van der Waals surface area contributed by atoms with Gasteiger partial charge in [0.25, 0.3) is 5.91 Å². The Morgan fingerprint density at radius 2 is 1.90 bits per heavy atom. The summed E-state index contributed by atoms with van der Waals surface area (Å²) in [6.45, 7) is 7.82. The summed E-state index contributed by atoms with van der Waals surface area (Å²) >= 11 is 0. The van der Waals surface area contributed by atoms with Gasteiger partial charge in [0.15, 0.2) is 0 Å². The molecule has 1 aromatic heterocycles. The second-order valence-electron chi connectivity index (χ2n) is 6.13. The van der Waals surface area contributed by atoms with Crippen LogP contribution in [0.5, 0.6) is 0 Å². The van der Waals surface area contributed by atoms with E-state index in [-0.39, 0.29) is 11.4 Å². The van der Waals surface area contributed by atoms with E-state index in [0.717, 1.165) is 24.2 Å². The Kier molecular flexibility index (Phi) is 4.46. The standard InChI is InChI=1S/C17H23N3O/c1-12-15(13(2)20-19-12)16(21)18-17(3,4)11-10-14-8-6-5-7-9-14/h5-9H,10-11H2,1-4H3,(H,18,21)(H,19,20). The lowest BCUT2D eigenvalue weighted by Gasteiger charge is -2.26. The van der Waals surface area contributed by atoms with Gasteiger partial charge in [0, 0.05) is 11.2 Å². The number of nitrogens with zero attached hydrogens (tertiary/aromatic N) is 1. The summed E-state index contributed by atoms with van der Waals surface area (Å²) in [4.78, 5) is 12.4. The van der Waals surface area contributed by atoms with E-state index in [4.69, 9.17) is 0 Å². The molecule has 0 fully saturated rings. The van der Waals surface area contributed by atoms with Crippen LogP contribution in [-0.4, -0.2) is 21.6 Å². The minimum Gasteiger partial charge on any atom is -0.347 e. The molecular weight excluding hydrogens is 262 g/mol. The molecule has 0 aliphatic rings. The molecule has 0 radical (unpaired) electrons. The van der Waals surface area contributed by atoms with E-state index in [1.165, 1.54) is 5.56 Å². The van der Waals surface area contributed by atoms with Crippen LogP contribution in [0.4, 0.5) is 0 Å². The number of aromatic nitrogens is 2. The number of amides is 1. The first-order valence-corrected chi connectivity index (χ1v) is 7.27. The molecule has 0 atom stereocenters. The van der Waals surface area contributed by atoms with Gasteiger partial charge in [0.05, 0.1) is 11.3 Å². The normalized spacial score (nSPS) is 11.4. The maximum Gasteiger partial charge on any atom is 0.255 e. The Morgan fingerprint density at radius 1 is 1.24 bits per heavy atom. The number of nitrogens with one attached hydrogen (secondary N) is 2. The molecule has 0 saturated carbocycles. The fourth-order valence-electron chi connectivity index (χ4n) is 2.42. The number of aromatic amines is 1. The van der Waals surface area contributed by atoms with Crippen molar-refractivity contribution in [2.45, 2.75) is 46.1 Å². The van der Waals surface area contributed by atoms with Gasteiger partial charge in [0.1, 0.15) is 0 Å². The maximum absolute atomic E-state index is 12.4. The van der Waals surface area contributed by atoms with Gasteiger partial charge in [-0.1, -0.05) is 30.3 Å². The molecule has 4 heteroatoms. The number of carbonyl (C=O) groups is 1. The van der Waals surface area contributed by atoms with E-state index < -0.39 is 0 Å². The summed E-state index contributed by atoms with van der Waals surface area (Å²) in [5, 5.41) is 10.0. The zero-order valence-corrected chi connectivity index (χ0v) is 13.2. The van der Waals surface area contributed by atoms with Crippen LogP contribution in [0, 0.1) is 13.8 Å². The fourth-order valence-corrected chi connectivity index (χ4v) is 2.42. The number of hydrogen-bond donors (Lipinski definition) is 2. The Morgan fingerprint density at radius 3 is 2.48 bits per heavy atom. The number of rotatable bonds is 5. The van der Waals surface area contributed by atoms with E-state index in [2.05, 4.69) is 41.5 Å². The highest BCUT2D eigenvalue weighted by atomic mass is 16.1. The zero-order valence-electron chi connectivity index (χ0n) is 13.2. The van der Waals surface area contributed by atoms with Crippen molar-refractivity contribution in [3.63, 3.8) is 0 Å². The first-order valence-electron chi connectivity index (χ1n) is 7.27. The molecule has 2 rings (SSSR count). The first kappa shape index (κ1) is 15.3. The summed E-state index contributed by atoms with van der Waals surface area (Å²) in [7, 11) is 0. The number of carbonyl (C=O) groups excluding carboxylic acids is 1. The summed E-state index contributed by atoms with van der Waals surface area (Å²) in [6, 6.07) is 10.3. The Hall–Kier alpha value is -2.10. The highest BCUT2D eigenvalue weighted by Crippen LogP contribution is 2.16. The smallest absolute Gasteiger partial charge is 0.255 e. The SMILES string of the molecule is Cc1n[nH]c(C)c1C(=O)NC(C)(C)CCc1ccccc1. The van der Waals surface area contributed by atoms with Crippen LogP contribution in [0.1, 0.15) is 47.6 Å². The quantitative estimate of drug-likeness (QED) is 0.886. The number of aryl methyl sites for hydroxylation is 3. The summed E-state index contributed by atoms with van der Waals surface area (Å²) < 4.78 is 0. The summed E-state index contributed by atoms with van der Waals surface area (Å²) in [6.07, 6.45) is 1.83. The third-order valence-electron chi connectivity index (χ3n) is 3.69. The molecule has 4 nitrogen and oxygen atoms in total. The van der Waals surface area contributed by atoms with Crippen molar-refractivity contribution in [2.24, 2.45) is 0 Å². The van der Waals surface area contributed by atoms with Crippen LogP contribution in [0.2, 0.25) is 0 Å². The van der Waals surface area contributed by atoms with Crippen LogP contribution in [0.15, 0.2) is 30.3 Å². The van der Waals surface area contributed by atoms with Crippen LogP contribution in [-0.2, 0) is 6.42 Å². The van der Waals surface area contributed by atoms with Crippen molar-refractivity contribution in [1.29, 1.82) is 0 Å². The highest BCUT2D eigenvalue weighted by Gasteiger charge is 2.24. The van der Waals surface area contributed by atoms with Gasteiger partial charge in [-0.3, -0.25) is 9.89 Å². The number of H-pyrrole nitrogens is 1. The van der Waals surface area contributed by atoms with Crippen molar-refractivity contribution in [1.82, 2.24) is 15.5 Å². The van der Waals surface area contributed by atoms with Crippen molar-refractivity contribution in [3.05, 3.63) is 52.8 Å². The van der Waals surface area contributed by atoms with Crippen LogP contribution in [0.25, 0.3) is 0 Å². The van der Waals surface area contributed by atoms with Crippen molar-refractivity contribution < 1.29 is 4.79 Å². The van der Waals surface area contributed by atoms with Gasteiger partial charge in [0.2, 0.25) is 0 Å². The predicted octanol–water partition coefficient (Wildman–Crippen LogP) is 3.17. The number of benzene rings is 1. The summed E-state index contributed by atoms with van der Waals surface area (Å²) in [5.41, 5.74) is 3.23. The lowest BCUT2D eigenvalue weighted by Crippen LogP contribution is -2.44. The molecule has 0 aliphatic carbocycles. The van der Waals surface area contributed by atoms with E-state index in [1.54, 1.807) is 0 Å². The molecule has 0 aliphatic heterocycles. The van der Waals surface area contributed by atoms with Gasteiger partial charge < -0.3 is 5.32 Å².